The standard InChI is InChI=1S/6Cr.21O.2Yb/q;;;;;;;;;;;;;;;;;;;;;6*-1;2*+3. The molecule has 0 atom stereocenters. The molecule has 0 unspecified atom stereocenters. The van der Waals surface area contributed by atoms with Crippen molar-refractivity contribution in [1.29, 1.82) is 0 Å². The van der Waals surface area contributed by atoms with E-state index in [9.17, 15) is 70.6 Å². The molecule has 0 aliphatic carbocycles. The Hall–Kier alpha value is 3.47. The van der Waals surface area contributed by atoms with Crippen LogP contribution in [0.2, 0.25) is 0 Å². The first kappa shape index (κ1) is 42.6. The summed E-state index contributed by atoms with van der Waals surface area (Å²) in [5, 5.41) is 0. The van der Waals surface area contributed by atoms with E-state index in [4.69, 9.17) is 0 Å². The average molecular weight is 994 g/mol. The first-order valence-electron chi connectivity index (χ1n) is 4.00. The molecule has 21 nitrogen and oxygen atoms in total. The van der Waals surface area contributed by atoms with E-state index in [1.54, 1.807) is 0 Å². The monoisotopic (exact) mass is 995 g/mol. The normalized spacial score (nSPS) is 12.6. The van der Waals surface area contributed by atoms with Gasteiger partial charge in [0.1, 0.15) is 0 Å². The van der Waals surface area contributed by atoms with Crippen molar-refractivity contribution >= 4 is 0 Å². The molecule has 0 aromatic heterocycles. The zero-order valence-electron chi connectivity index (χ0n) is 11.6. The van der Waals surface area contributed by atoms with Gasteiger partial charge in [-0.05, 0) is 0 Å². The minimum Gasteiger partial charge on any atom is 3.00 e. The van der Waals surface area contributed by atoms with Crippen LogP contribution in [0.15, 0.2) is 0 Å². The summed E-state index contributed by atoms with van der Waals surface area (Å²) in [5.74, 6) is 0. The summed E-state index contributed by atoms with van der Waals surface area (Å²) in [7, 11) is 0. The third-order valence-corrected chi connectivity index (χ3v) is 8.50. The molecule has 29 heavy (non-hydrogen) atoms. The third-order valence-electron chi connectivity index (χ3n) is 0.500. The van der Waals surface area contributed by atoms with Crippen LogP contribution in [0.25, 0.3) is 0 Å². The molecular weight excluding hydrogens is 994 g/mol. The topological polar surface area (TPSA) is 371 Å². The minimum absolute atomic E-state index is 0. The maximum atomic E-state index is 9.38. The fraction of sp³-hybridized carbons (Fsp3) is 0. The summed E-state index contributed by atoms with van der Waals surface area (Å²) >= 11 is -36.4. The van der Waals surface area contributed by atoms with Crippen molar-refractivity contribution in [3.63, 3.8) is 0 Å². The van der Waals surface area contributed by atoms with Crippen LogP contribution in [-0.4, -0.2) is 0 Å². The van der Waals surface area contributed by atoms with Crippen LogP contribution >= 0.6 is 0 Å². The largest absolute Gasteiger partial charge is 3.00 e. The molecule has 0 fully saturated rings. The maximum Gasteiger partial charge on any atom is 3.00 e. The van der Waals surface area contributed by atoms with Crippen LogP contribution in [0.5, 0.6) is 0 Å². The molecule has 0 rings (SSSR count). The van der Waals surface area contributed by atoms with E-state index >= 15 is 0 Å². The van der Waals surface area contributed by atoms with Crippen LogP contribution in [0.3, 0.4) is 0 Å². The van der Waals surface area contributed by atoms with Gasteiger partial charge in [0, 0.05) is 0 Å². The van der Waals surface area contributed by atoms with Crippen molar-refractivity contribution in [3.05, 3.63) is 0 Å². The Balaban J connectivity index is -0.0000000960. The van der Waals surface area contributed by atoms with Gasteiger partial charge < -0.3 is 0 Å². The van der Waals surface area contributed by atoms with E-state index in [-0.39, 0.29) is 93.8 Å². The van der Waals surface area contributed by atoms with Crippen LogP contribution in [0.4, 0.5) is 0 Å². The molecule has 0 aromatic rings. The van der Waals surface area contributed by atoms with Gasteiger partial charge in [0.15, 0.2) is 0 Å². The molecule has 0 aliphatic rings. The molecule has 2 radical (unpaired) electrons. The number of hydrogen-bond acceptors (Lipinski definition) is 21. The quantitative estimate of drug-likeness (QED) is 0.238. The van der Waals surface area contributed by atoms with Gasteiger partial charge in [-0.15, -0.1) is 0 Å². The van der Waals surface area contributed by atoms with Gasteiger partial charge in [0.05, 0.1) is 0 Å². The van der Waals surface area contributed by atoms with Gasteiger partial charge in [-0.3, -0.25) is 0 Å². The van der Waals surface area contributed by atoms with E-state index in [1.165, 1.54) is 0 Å². The maximum absolute atomic E-state index is 9.38. The van der Waals surface area contributed by atoms with Gasteiger partial charge >= 0.3 is 255 Å². The van der Waals surface area contributed by atoms with E-state index in [0.717, 1.165) is 0 Å². The van der Waals surface area contributed by atoms with E-state index in [1.807, 2.05) is 0 Å². The third kappa shape index (κ3) is 59.3. The van der Waals surface area contributed by atoms with Gasteiger partial charge in [0.2, 0.25) is 0 Å². The summed E-state index contributed by atoms with van der Waals surface area (Å²) in [4.78, 5) is 0. The molecule has 0 spiro atoms. The van der Waals surface area contributed by atoms with Crippen molar-refractivity contribution in [2.75, 3.05) is 0 Å². The van der Waals surface area contributed by atoms with Crippen molar-refractivity contribution < 1.29 is 255 Å². The molecule has 190 valence electrons. The van der Waals surface area contributed by atoms with E-state index < -0.39 is 81.7 Å². The van der Waals surface area contributed by atoms with Gasteiger partial charge in [0.25, 0.3) is 0 Å². The Labute approximate surface area is 249 Å². The number of rotatable bonds is 6. The Kier molecular flexibility index (Phi) is 23.8. The SMILES string of the molecule is [O]=[Cr](=[O])([O-])[O][Cr](=[O])(=[O])[O-].[O]=[Cr](=[O])([O-])[O][Cr](=[O])(=[O])[O-].[O]=[Cr](=[O])([O-])[O][Cr](=[O])(=[O])[O-].[Yb+3].[Yb+3]. The predicted molar refractivity (Wildman–Crippen MR) is 11.5 cm³/mol. The Morgan fingerprint density at radius 3 is 0.379 bits per heavy atom. The molecule has 0 saturated carbocycles. The summed E-state index contributed by atoms with van der Waals surface area (Å²) in [5.41, 5.74) is 0. The van der Waals surface area contributed by atoms with Crippen molar-refractivity contribution in [2.24, 2.45) is 0 Å². The average Bonchev–Trinajstić information content (AvgIpc) is 1.96. The second-order valence-electron chi connectivity index (χ2n) is 2.65. The second kappa shape index (κ2) is 16.2. The fourth-order valence-electron chi connectivity index (χ4n) is 0.306. The zero-order valence-corrected chi connectivity index (χ0v) is 22.6. The van der Waals surface area contributed by atoms with Crippen molar-refractivity contribution in [1.82, 2.24) is 0 Å². The van der Waals surface area contributed by atoms with Crippen LogP contribution in [0, 0.1) is 93.8 Å². The molecule has 0 amide bonds. The molecule has 0 bridgehead atoms. The molecule has 0 aromatic carbocycles. The Morgan fingerprint density at radius 1 is 0.310 bits per heavy atom. The molecule has 0 heterocycles. The zero-order chi connectivity index (χ0) is 23.1. The van der Waals surface area contributed by atoms with Gasteiger partial charge in [-0.25, -0.2) is 0 Å². The van der Waals surface area contributed by atoms with Crippen LogP contribution in [-0.2, 0) is 136 Å². The molecular formula is Cr6O21Yb2. The van der Waals surface area contributed by atoms with E-state index in [2.05, 4.69) is 8.52 Å². The van der Waals surface area contributed by atoms with Crippen molar-refractivity contribution in [2.45, 2.75) is 0 Å². The summed E-state index contributed by atoms with van der Waals surface area (Å²) in [6.45, 7) is 0. The van der Waals surface area contributed by atoms with Gasteiger partial charge in [-0.1, -0.05) is 0 Å². The molecule has 0 aliphatic heterocycles. The molecule has 29 heteroatoms. The minimum atomic E-state index is -6.07. The van der Waals surface area contributed by atoms with Crippen molar-refractivity contribution in [3.8, 4) is 0 Å². The molecule has 0 N–H and O–H groups in total. The predicted octanol–water partition coefficient (Wildman–Crippen LogP) is -8.78. The van der Waals surface area contributed by atoms with E-state index in [0.29, 0.717) is 0 Å². The first-order chi connectivity index (χ1) is 11.1. The summed E-state index contributed by atoms with van der Waals surface area (Å²) in [6, 6.07) is 0. The molecule has 0 saturated heterocycles. The Morgan fingerprint density at radius 2 is 0.379 bits per heavy atom. The van der Waals surface area contributed by atoms with Crippen LogP contribution < -0.4 is 24.9 Å². The second-order valence-corrected chi connectivity index (χ2v) is 13.6. The number of hydrogen-bond donors (Lipinski definition) is 0. The summed E-state index contributed by atoms with van der Waals surface area (Å²) in [6.07, 6.45) is 0. The smallest absolute Gasteiger partial charge is 3.00 e. The fourth-order valence-corrected chi connectivity index (χ4v) is 5.21. The van der Waals surface area contributed by atoms with Gasteiger partial charge in [-0.2, -0.15) is 0 Å². The first-order valence-corrected chi connectivity index (χ1v) is 16.5. The Bertz CT molecular complexity index is 854. The van der Waals surface area contributed by atoms with Crippen LogP contribution in [0.1, 0.15) is 0 Å². The summed E-state index contributed by atoms with van der Waals surface area (Å²) < 4.78 is 177.